The monoisotopic (exact) mass is 398 g/mol. The van der Waals surface area contributed by atoms with E-state index >= 15 is 0 Å². The first-order valence-corrected chi connectivity index (χ1v) is 10.2. The molecule has 0 aromatic heterocycles. The maximum atomic E-state index is 12.9. The highest BCUT2D eigenvalue weighted by molar-refractivity contribution is 7.88. The maximum Gasteiger partial charge on any atom is 0.235 e. The van der Waals surface area contributed by atoms with E-state index in [9.17, 15) is 17.6 Å². The van der Waals surface area contributed by atoms with E-state index in [2.05, 4.69) is 5.32 Å². The van der Waals surface area contributed by atoms with Gasteiger partial charge in [0.2, 0.25) is 15.9 Å². The zero-order valence-electron chi connectivity index (χ0n) is 14.3. The standard InChI is InChI=1S/C18H20ClFN2O3S/c1-26(24,25)22(11-10-14-4-8-17(20)9-5-14)13-18(23)21-12-15-2-6-16(19)7-3-15/h2-9H,10-13H2,1H3,(H,21,23). The molecule has 0 spiro atoms. The summed E-state index contributed by atoms with van der Waals surface area (Å²) in [6.45, 7) is 0.151. The molecule has 2 rings (SSSR count). The summed E-state index contributed by atoms with van der Waals surface area (Å²) in [6, 6.07) is 12.8. The number of sulfonamides is 1. The number of hydrogen-bond acceptors (Lipinski definition) is 3. The van der Waals surface area contributed by atoms with Crippen LogP contribution in [0.15, 0.2) is 48.5 Å². The van der Waals surface area contributed by atoms with Gasteiger partial charge >= 0.3 is 0 Å². The number of hydrogen-bond donors (Lipinski definition) is 1. The summed E-state index contributed by atoms with van der Waals surface area (Å²) < 4.78 is 37.9. The van der Waals surface area contributed by atoms with Crippen LogP contribution in [0.4, 0.5) is 4.39 Å². The minimum atomic E-state index is -3.55. The van der Waals surface area contributed by atoms with E-state index in [1.165, 1.54) is 12.1 Å². The zero-order valence-corrected chi connectivity index (χ0v) is 15.9. The summed E-state index contributed by atoms with van der Waals surface area (Å²) in [6.07, 6.45) is 1.45. The van der Waals surface area contributed by atoms with Crippen molar-refractivity contribution in [3.05, 3.63) is 70.5 Å². The number of carbonyl (C=O) groups excluding carboxylic acids is 1. The molecule has 5 nitrogen and oxygen atoms in total. The number of nitrogens with one attached hydrogen (secondary N) is 1. The molecule has 0 radical (unpaired) electrons. The second kappa shape index (κ2) is 9.12. The van der Waals surface area contributed by atoms with Gasteiger partial charge in [0.1, 0.15) is 5.82 Å². The Bertz CT molecular complexity index is 840. The van der Waals surface area contributed by atoms with Gasteiger partial charge in [-0.15, -0.1) is 0 Å². The third-order valence-electron chi connectivity index (χ3n) is 3.76. The van der Waals surface area contributed by atoms with Crippen molar-refractivity contribution in [2.45, 2.75) is 13.0 Å². The number of halogens is 2. The number of nitrogens with zero attached hydrogens (tertiary/aromatic N) is 1. The van der Waals surface area contributed by atoms with Crippen LogP contribution in [-0.2, 0) is 27.8 Å². The van der Waals surface area contributed by atoms with Crippen LogP contribution in [0, 0.1) is 5.82 Å². The van der Waals surface area contributed by atoms with Crippen molar-refractivity contribution in [2.24, 2.45) is 0 Å². The lowest BCUT2D eigenvalue weighted by Gasteiger charge is -2.19. The fourth-order valence-corrected chi connectivity index (χ4v) is 3.19. The molecule has 0 saturated carbocycles. The molecule has 0 unspecified atom stereocenters. The Labute approximate surface area is 157 Å². The average Bonchev–Trinajstić information content (AvgIpc) is 2.58. The third kappa shape index (κ3) is 6.74. The lowest BCUT2D eigenvalue weighted by atomic mass is 10.1. The van der Waals surface area contributed by atoms with Crippen molar-refractivity contribution in [3.8, 4) is 0 Å². The molecule has 2 aromatic rings. The predicted molar refractivity (Wildman–Crippen MR) is 99.8 cm³/mol. The molecule has 0 aliphatic rings. The van der Waals surface area contributed by atoms with E-state index in [1.807, 2.05) is 0 Å². The van der Waals surface area contributed by atoms with Gasteiger partial charge in [-0.3, -0.25) is 4.79 Å². The molecule has 0 saturated heterocycles. The highest BCUT2D eigenvalue weighted by Gasteiger charge is 2.19. The van der Waals surface area contributed by atoms with Crippen molar-refractivity contribution in [1.82, 2.24) is 9.62 Å². The Morgan fingerprint density at radius 3 is 2.23 bits per heavy atom. The average molecular weight is 399 g/mol. The summed E-state index contributed by atoms with van der Waals surface area (Å²) in [5, 5.41) is 3.29. The Balaban J connectivity index is 1.91. The SMILES string of the molecule is CS(=O)(=O)N(CCc1ccc(F)cc1)CC(=O)NCc1ccc(Cl)cc1. The van der Waals surface area contributed by atoms with Crippen LogP contribution >= 0.6 is 11.6 Å². The molecule has 0 heterocycles. The largest absolute Gasteiger partial charge is 0.351 e. The molecule has 0 bridgehead atoms. The summed E-state index contributed by atoms with van der Waals surface area (Å²) in [5.74, 6) is -0.750. The van der Waals surface area contributed by atoms with Crippen molar-refractivity contribution in [1.29, 1.82) is 0 Å². The Morgan fingerprint density at radius 2 is 1.65 bits per heavy atom. The van der Waals surface area contributed by atoms with Crippen LogP contribution in [-0.4, -0.2) is 38.0 Å². The fraction of sp³-hybridized carbons (Fsp3) is 0.278. The second-order valence-corrected chi connectivity index (χ2v) is 8.30. The quantitative estimate of drug-likeness (QED) is 0.743. The van der Waals surface area contributed by atoms with Crippen molar-refractivity contribution in [3.63, 3.8) is 0 Å². The smallest absolute Gasteiger partial charge is 0.235 e. The lowest BCUT2D eigenvalue weighted by molar-refractivity contribution is -0.121. The first-order valence-electron chi connectivity index (χ1n) is 7.95. The summed E-state index contributed by atoms with van der Waals surface area (Å²) in [7, 11) is -3.55. The summed E-state index contributed by atoms with van der Waals surface area (Å²) in [4.78, 5) is 12.1. The molecule has 0 aliphatic carbocycles. The van der Waals surface area contributed by atoms with Crippen LogP contribution in [0.5, 0.6) is 0 Å². The van der Waals surface area contributed by atoms with Gasteiger partial charge in [-0.2, -0.15) is 4.31 Å². The molecule has 1 N–H and O–H groups in total. The van der Waals surface area contributed by atoms with Gasteiger partial charge in [-0.05, 0) is 41.8 Å². The summed E-state index contributed by atoms with van der Waals surface area (Å²) >= 11 is 5.81. The van der Waals surface area contributed by atoms with E-state index in [0.717, 1.165) is 21.7 Å². The van der Waals surface area contributed by atoms with Gasteiger partial charge in [-0.25, -0.2) is 12.8 Å². The minimum Gasteiger partial charge on any atom is -0.351 e. The Kier molecular flexibility index (Phi) is 7.14. The van der Waals surface area contributed by atoms with Crippen LogP contribution in [0.2, 0.25) is 5.02 Å². The number of amides is 1. The molecule has 0 fully saturated rings. The van der Waals surface area contributed by atoms with Crippen molar-refractivity contribution < 1.29 is 17.6 Å². The normalized spacial score (nSPS) is 11.5. The number of carbonyl (C=O) groups is 1. The first kappa shape index (κ1) is 20.4. The molecule has 8 heteroatoms. The van der Waals surface area contributed by atoms with E-state index in [0.29, 0.717) is 11.4 Å². The van der Waals surface area contributed by atoms with Crippen LogP contribution in [0.1, 0.15) is 11.1 Å². The minimum absolute atomic E-state index is 0.138. The topological polar surface area (TPSA) is 66.5 Å². The number of benzene rings is 2. The highest BCUT2D eigenvalue weighted by Crippen LogP contribution is 2.09. The van der Waals surface area contributed by atoms with Crippen molar-refractivity contribution in [2.75, 3.05) is 19.3 Å². The second-order valence-electron chi connectivity index (χ2n) is 5.88. The van der Waals surface area contributed by atoms with Gasteiger partial charge in [0.25, 0.3) is 0 Å². The van der Waals surface area contributed by atoms with Crippen LogP contribution in [0.3, 0.4) is 0 Å². The first-order chi connectivity index (χ1) is 12.2. The Morgan fingerprint density at radius 1 is 1.08 bits per heavy atom. The fourth-order valence-electron chi connectivity index (χ4n) is 2.29. The molecule has 140 valence electrons. The third-order valence-corrected chi connectivity index (χ3v) is 5.26. The molecular formula is C18H20ClFN2O3S. The van der Waals surface area contributed by atoms with Gasteiger partial charge in [0.05, 0.1) is 12.8 Å². The molecular weight excluding hydrogens is 379 g/mol. The Hall–Kier alpha value is -1.96. The number of rotatable bonds is 8. The lowest BCUT2D eigenvalue weighted by Crippen LogP contribution is -2.41. The van der Waals surface area contributed by atoms with E-state index in [1.54, 1.807) is 36.4 Å². The van der Waals surface area contributed by atoms with E-state index in [4.69, 9.17) is 11.6 Å². The molecule has 26 heavy (non-hydrogen) atoms. The van der Waals surface area contributed by atoms with E-state index < -0.39 is 15.9 Å². The molecule has 0 atom stereocenters. The van der Waals surface area contributed by atoms with Crippen LogP contribution < -0.4 is 5.32 Å². The van der Waals surface area contributed by atoms with Crippen LogP contribution in [0.25, 0.3) is 0 Å². The maximum absolute atomic E-state index is 12.9. The molecule has 1 amide bonds. The van der Waals surface area contributed by atoms with E-state index in [-0.39, 0.29) is 25.5 Å². The summed E-state index contributed by atoms with van der Waals surface area (Å²) in [5.41, 5.74) is 1.65. The van der Waals surface area contributed by atoms with Gasteiger partial charge < -0.3 is 5.32 Å². The molecule has 0 aliphatic heterocycles. The zero-order chi connectivity index (χ0) is 19.2. The van der Waals surface area contributed by atoms with Crippen molar-refractivity contribution >= 4 is 27.5 Å². The highest BCUT2D eigenvalue weighted by atomic mass is 35.5. The van der Waals surface area contributed by atoms with Gasteiger partial charge in [0, 0.05) is 18.1 Å². The predicted octanol–water partition coefficient (Wildman–Crippen LogP) is 2.60. The van der Waals surface area contributed by atoms with Gasteiger partial charge in [-0.1, -0.05) is 35.9 Å². The van der Waals surface area contributed by atoms with Gasteiger partial charge in [0.15, 0.2) is 0 Å². The molecule has 2 aromatic carbocycles.